The molecular formula is C22H25F2N3O5S2. The molecule has 1 amide bonds. The van der Waals surface area contributed by atoms with Crippen LogP contribution in [-0.2, 0) is 37.8 Å². The molecule has 0 radical (unpaired) electrons. The second-order valence-corrected chi connectivity index (χ2v) is 11.6. The van der Waals surface area contributed by atoms with Gasteiger partial charge in [0.25, 0.3) is 0 Å². The molecule has 0 saturated carbocycles. The van der Waals surface area contributed by atoms with Gasteiger partial charge < -0.3 is 5.32 Å². The number of nitrogens with one attached hydrogen (secondary N) is 2. The molecular weight excluding hydrogens is 488 g/mol. The molecule has 34 heavy (non-hydrogen) atoms. The summed E-state index contributed by atoms with van der Waals surface area (Å²) in [7, 11) is -7.33. The van der Waals surface area contributed by atoms with E-state index in [4.69, 9.17) is 0 Å². The van der Waals surface area contributed by atoms with Crippen molar-refractivity contribution in [2.24, 2.45) is 5.92 Å². The standard InChI is InChI=1S/C22H25F2N3O5S2/c1-2-33(29,30)26-14-18-9-10-27(15-18)34(31,32)19-6-3-16(4-7-19)12-22(28)25-13-17-5-8-20(23)21(24)11-17/h2-8,11,18,26H,1,9-10,12-15H2,(H,25,28). The minimum atomic E-state index is -3.76. The van der Waals surface area contributed by atoms with Crippen molar-refractivity contribution in [3.8, 4) is 0 Å². The Bertz CT molecular complexity index is 1270. The van der Waals surface area contributed by atoms with E-state index in [0.29, 0.717) is 17.5 Å². The first-order valence-electron chi connectivity index (χ1n) is 10.4. The first-order valence-corrected chi connectivity index (χ1v) is 13.4. The number of carbonyl (C=O) groups excluding carboxylic acids is 1. The van der Waals surface area contributed by atoms with Crippen LogP contribution in [0.2, 0.25) is 0 Å². The highest BCUT2D eigenvalue weighted by Gasteiger charge is 2.32. The Labute approximate surface area is 197 Å². The van der Waals surface area contributed by atoms with E-state index in [2.05, 4.69) is 16.6 Å². The van der Waals surface area contributed by atoms with Crippen LogP contribution < -0.4 is 10.0 Å². The molecule has 2 aromatic carbocycles. The molecule has 12 heteroatoms. The maximum atomic E-state index is 13.2. The van der Waals surface area contributed by atoms with Crippen LogP contribution >= 0.6 is 0 Å². The van der Waals surface area contributed by atoms with Gasteiger partial charge in [-0.1, -0.05) is 24.8 Å². The Hall–Kier alpha value is -2.67. The van der Waals surface area contributed by atoms with E-state index in [-0.39, 0.29) is 49.3 Å². The van der Waals surface area contributed by atoms with Crippen LogP contribution in [0.1, 0.15) is 17.5 Å². The topological polar surface area (TPSA) is 113 Å². The highest BCUT2D eigenvalue weighted by Crippen LogP contribution is 2.24. The molecule has 1 heterocycles. The van der Waals surface area contributed by atoms with Gasteiger partial charge in [0.2, 0.25) is 26.0 Å². The predicted octanol–water partition coefficient (Wildman–Crippen LogP) is 1.90. The van der Waals surface area contributed by atoms with Crippen LogP contribution in [0, 0.1) is 17.6 Å². The molecule has 1 saturated heterocycles. The van der Waals surface area contributed by atoms with Gasteiger partial charge in [-0.3, -0.25) is 4.79 Å². The van der Waals surface area contributed by atoms with Crippen LogP contribution in [0.3, 0.4) is 0 Å². The second kappa shape index (κ2) is 10.7. The minimum absolute atomic E-state index is 0.0146. The van der Waals surface area contributed by atoms with E-state index in [1.165, 1.54) is 34.6 Å². The quantitative estimate of drug-likeness (QED) is 0.504. The van der Waals surface area contributed by atoms with Crippen LogP contribution in [0.15, 0.2) is 59.3 Å². The fourth-order valence-corrected chi connectivity index (χ4v) is 5.62. The van der Waals surface area contributed by atoms with E-state index < -0.39 is 31.7 Å². The molecule has 1 fully saturated rings. The number of halogens is 2. The van der Waals surface area contributed by atoms with E-state index >= 15 is 0 Å². The van der Waals surface area contributed by atoms with Crippen LogP contribution in [0.25, 0.3) is 0 Å². The number of rotatable bonds is 10. The van der Waals surface area contributed by atoms with Gasteiger partial charge in [-0.05, 0) is 47.7 Å². The van der Waals surface area contributed by atoms with Gasteiger partial charge in [-0.25, -0.2) is 30.3 Å². The molecule has 1 unspecified atom stereocenters. The summed E-state index contributed by atoms with van der Waals surface area (Å²) in [4.78, 5) is 12.2. The van der Waals surface area contributed by atoms with Crippen molar-refractivity contribution in [3.05, 3.63) is 77.2 Å². The molecule has 3 rings (SSSR count). The Morgan fingerprint density at radius 1 is 1.06 bits per heavy atom. The first-order chi connectivity index (χ1) is 16.0. The summed E-state index contributed by atoms with van der Waals surface area (Å²) in [5, 5.41) is 3.41. The van der Waals surface area contributed by atoms with E-state index in [1.807, 2.05) is 0 Å². The first kappa shape index (κ1) is 25.9. The molecule has 8 nitrogen and oxygen atoms in total. The third-order valence-corrected chi connectivity index (χ3v) is 8.33. The maximum Gasteiger partial charge on any atom is 0.243 e. The van der Waals surface area contributed by atoms with Gasteiger partial charge in [0.15, 0.2) is 11.6 Å². The molecule has 1 aliphatic heterocycles. The molecule has 2 aromatic rings. The Kier molecular flexibility index (Phi) is 8.18. The Morgan fingerprint density at radius 2 is 1.74 bits per heavy atom. The van der Waals surface area contributed by atoms with Crippen molar-refractivity contribution in [3.63, 3.8) is 0 Å². The van der Waals surface area contributed by atoms with E-state index in [9.17, 15) is 30.4 Å². The predicted molar refractivity (Wildman–Crippen MR) is 122 cm³/mol. The average Bonchev–Trinajstić information content (AvgIpc) is 3.29. The van der Waals surface area contributed by atoms with Crippen molar-refractivity contribution in [1.29, 1.82) is 0 Å². The molecule has 0 bridgehead atoms. The van der Waals surface area contributed by atoms with Crippen LogP contribution in [0.4, 0.5) is 8.78 Å². The number of carbonyl (C=O) groups is 1. The molecule has 0 aromatic heterocycles. The van der Waals surface area contributed by atoms with Crippen molar-refractivity contribution in [2.45, 2.75) is 24.3 Å². The Morgan fingerprint density at radius 3 is 2.38 bits per heavy atom. The number of nitrogens with zero attached hydrogens (tertiary/aromatic N) is 1. The number of sulfonamides is 2. The normalized spacial score (nSPS) is 16.9. The lowest BCUT2D eigenvalue weighted by Crippen LogP contribution is -2.32. The van der Waals surface area contributed by atoms with Crippen molar-refractivity contribution in [2.75, 3.05) is 19.6 Å². The zero-order valence-electron chi connectivity index (χ0n) is 18.2. The van der Waals surface area contributed by atoms with E-state index in [1.54, 1.807) is 0 Å². The number of hydrogen-bond donors (Lipinski definition) is 2. The summed E-state index contributed by atoms with van der Waals surface area (Å²) < 4.78 is 78.7. The fraction of sp³-hybridized carbons (Fsp3) is 0.318. The summed E-state index contributed by atoms with van der Waals surface area (Å²) >= 11 is 0. The second-order valence-electron chi connectivity index (χ2n) is 7.92. The average molecular weight is 514 g/mol. The number of hydrogen-bond acceptors (Lipinski definition) is 5. The zero-order valence-corrected chi connectivity index (χ0v) is 19.8. The molecule has 0 spiro atoms. The largest absolute Gasteiger partial charge is 0.352 e. The summed E-state index contributed by atoms with van der Waals surface area (Å²) in [6, 6.07) is 9.27. The SMILES string of the molecule is C=CS(=O)(=O)NCC1CCN(S(=O)(=O)c2ccc(CC(=O)NCc3ccc(F)c(F)c3)cc2)C1. The molecule has 0 aliphatic carbocycles. The number of amides is 1. The highest BCUT2D eigenvalue weighted by atomic mass is 32.2. The van der Waals surface area contributed by atoms with Gasteiger partial charge in [0, 0.05) is 31.6 Å². The van der Waals surface area contributed by atoms with Gasteiger partial charge in [-0.2, -0.15) is 4.31 Å². The molecule has 1 atom stereocenters. The lowest BCUT2D eigenvalue weighted by Gasteiger charge is -2.17. The molecule has 184 valence electrons. The van der Waals surface area contributed by atoms with Gasteiger partial charge in [0.05, 0.1) is 11.3 Å². The van der Waals surface area contributed by atoms with Crippen LogP contribution in [0.5, 0.6) is 0 Å². The maximum absolute atomic E-state index is 13.2. The van der Waals surface area contributed by atoms with Crippen molar-refractivity contribution < 1.29 is 30.4 Å². The minimum Gasteiger partial charge on any atom is -0.352 e. The van der Waals surface area contributed by atoms with Gasteiger partial charge >= 0.3 is 0 Å². The van der Waals surface area contributed by atoms with Gasteiger partial charge in [0.1, 0.15) is 0 Å². The summed E-state index contributed by atoms with van der Waals surface area (Å²) in [5.74, 6) is -2.47. The van der Waals surface area contributed by atoms with E-state index in [0.717, 1.165) is 17.5 Å². The smallest absolute Gasteiger partial charge is 0.243 e. The Balaban J connectivity index is 1.54. The molecule has 2 N–H and O–H groups in total. The number of benzene rings is 2. The summed E-state index contributed by atoms with van der Waals surface area (Å²) in [6.07, 6.45) is 0.508. The summed E-state index contributed by atoms with van der Waals surface area (Å²) in [5.41, 5.74) is 0.995. The lowest BCUT2D eigenvalue weighted by molar-refractivity contribution is -0.120. The summed E-state index contributed by atoms with van der Waals surface area (Å²) in [6.45, 7) is 3.84. The third kappa shape index (κ3) is 6.69. The molecule has 1 aliphatic rings. The van der Waals surface area contributed by atoms with Gasteiger partial charge in [-0.15, -0.1) is 0 Å². The van der Waals surface area contributed by atoms with Crippen LogP contribution in [-0.4, -0.2) is 46.7 Å². The third-order valence-electron chi connectivity index (χ3n) is 5.44. The highest BCUT2D eigenvalue weighted by molar-refractivity contribution is 7.92. The monoisotopic (exact) mass is 513 g/mol. The lowest BCUT2D eigenvalue weighted by atomic mass is 10.1. The van der Waals surface area contributed by atoms with Crippen molar-refractivity contribution >= 4 is 26.0 Å². The fourth-order valence-electron chi connectivity index (χ4n) is 3.50. The zero-order chi connectivity index (χ0) is 24.9. The van der Waals surface area contributed by atoms with Crippen molar-refractivity contribution in [1.82, 2.24) is 14.3 Å².